The number of thiol groups is 1. The van der Waals surface area contributed by atoms with E-state index in [4.69, 9.17) is 0 Å². The van der Waals surface area contributed by atoms with Gasteiger partial charge >= 0.3 is 0 Å². The average Bonchev–Trinajstić information content (AvgIpc) is 2.15. The van der Waals surface area contributed by atoms with E-state index < -0.39 is 0 Å². The van der Waals surface area contributed by atoms with E-state index in [1.165, 1.54) is 27.8 Å². The molecule has 0 spiro atoms. The highest BCUT2D eigenvalue weighted by molar-refractivity contribution is 7.80. The van der Waals surface area contributed by atoms with E-state index in [1.54, 1.807) is 0 Å². The van der Waals surface area contributed by atoms with E-state index in [-0.39, 0.29) is 5.37 Å². The minimum absolute atomic E-state index is 0.133. The summed E-state index contributed by atoms with van der Waals surface area (Å²) in [6.07, 6.45) is 0. The van der Waals surface area contributed by atoms with Gasteiger partial charge in [-0.05, 0) is 62.6 Å². The van der Waals surface area contributed by atoms with Crippen LogP contribution in [0.5, 0.6) is 0 Å². The monoisotopic (exact) mass is 209 g/mol. The Hall–Kier alpha value is -0.470. The van der Waals surface area contributed by atoms with Crippen molar-refractivity contribution in [2.45, 2.75) is 33.1 Å². The van der Waals surface area contributed by atoms with Gasteiger partial charge in [-0.2, -0.15) is 12.6 Å². The largest absolute Gasteiger partial charge is 0.305 e. The average molecular weight is 209 g/mol. The fourth-order valence-corrected chi connectivity index (χ4v) is 2.19. The molecule has 0 saturated carbocycles. The van der Waals surface area contributed by atoms with Gasteiger partial charge < -0.3 is 5.32 Å². The van der Waals surface area contributed by atoms with Crippen LogP contribution in [-0.4, -0.2) is 7.05 Å². The number of rotatable bonds is 2. The predicted octanol–water partition coefficient (Wildman–Crippen LogP) is 3.07. The van der Waals surface area contributed by atoms with Gasteiger partial charge in [0.15, 0.2) is 0 Å². The maximum atomic E-state index is 4.54. The summed E-state index contributed by atoms with van der Waals surface area (Å²) in [6, 6.07) is 2.24. The zero-order valence-corrected chi connectivity index (χ0v) is 10.5. The summed E-state index contributed by atoms with van der Waals surface area (Å²) in [5.74, 6) is 0. The number of hydrogen-bond donors (Lipinski definition) is 2. The first-order valence-electron chi connectivity index (χ1n) is 4.91. The highest BCUT2D eigenvalue weighted by Gasteiger charge is 2.13. The lowest BCUT2D eigenvalue weighted by atomic mass is 9.94. The first-order valence-corrected chi connectivity index (χ1v) is 5.43. The Kier molecular flexibility index (Phi) is 3.62. The third-order valence-electron chi connectivity index (χ3n) is 2.97. The van der Waals surface area contributed by atoms with Crippen LogP contribution in [-0.2, 0) is 0 Å². The van der Waals surface area contributed by atoms with Crippen molar-refractivity contribution in [3.8, 4) is 0 Å². The van der Waals surface area contributed by atoms with Crippen molar-refractivity contribution in [3.05, 3.63) is 33.9 Å². The molecule has 0 aromatic heterocycles. The molecular weight excluding hydrogens is 190 g/mol. The van der Waals surface area contributed by atoms with E-state index in [0.29, 0.717) is 0 Å². The van der Waals surface area contributed by atoms with Gasteiger partial charge in [0.05, 0.1) is 5.37 Å². The Balaban J connectivity index is 3.39. The van der Waals surface area contributed by atoms with E-state index in [9.17, 15) is 0 Å². The topological polar surface area (TPSA) is 12.0 Å². The van der Waals surface area contributed by atoms with E-state index in [2.05, 4.69) is 51.7 Å². The molecule has 1 unspecified atom stereocenters. The molecule has 1 nitrogen and oxygen atoms in total. The summed E-state index contributed by atoms with van der Waals surface area (Å²) in [5.41, 5.74) is 6.72. The van der Waals surface area contributed by atoms with Gasteiger partial charge in [-0.25, -0.2) is 0 Å². The quantitative estimate of drug-likeness (QED) is 0.563. The molecule has 0 heterocycles. The third-order valence-corrected chi connectivity index (χ3v) is 3.49. The number of nitrogens with one attached hydrogen (secondary N) is 1. The zero-order valence-electron chi connectivity index (χ0n) is 9.60. The van der Waals surface area contributed by atoms with Gasteiger partial charge in [-0.1, -0.05) is 6.07 Å². The molecule has 0 aliphatic carbocycles. The zero-order chi connectivity index (χ0) is 10.9. The van der Waals surface area contributed by atoms with Crippen LogP contribution in [0.1, 0.15) is 33.2 Å². The molecule has 0 bridgehead atoms. The molecule has 1 rings (SSSR count). The number of aryl methyl sites for hydroxylation is 2. The molecule has 0 radical (unpaired) electrons. The Bertz CT molecular complexity index is 318. The molecule has 1 atom stereocenters. The standard InChI is InChI=1S/C12H19NS/c1-7-6-8(2)10(4)11(9(7)3)12(14)13-5/h6,12-14H,1-5H3. The van der Waals surface area contributed by atoms with Gasteiger partial charge in [0.1, 0.15) is 0 Å². The van der Waals surface area contributed by atoms with Crippen molar-refractivity contribution >= 4 is 12.6 Å². The second kappa shape index (κ2) is 4.37. The Morgan fingerprint density at radius 2 is 1.50 bits per heavy atom. The van der Waals surface area contributed by atoms with Crippen molar-refractivity contribution in [1.82, 2.24) is 5.32 Å². The highest BCUT2D eigenvalue weighted by Crippen LogP contribution is 2.28. The van der Waals surface area contributed by atoms with Gasteiger partial charge in [0.25, 0.3) is 0 Å². The molecule has 1 aromatic rings. The first kappa shape index (κ1) is 11.6. The Morgan fingerprint density at radius 3 is 1.86 bits per heavy atom. The molecule has 0 fully saturated rings. The Morgan fingerprint density at radius 1 is 1.07 bits per heavy atom. The minimum Gasteiger partial charge on any atom is -0.305 e. The van der Waals surface area contributed by atoms with Gasteiger partial charge in [-0.15, -0.1) is 0 Å². The first-order chi connectivity index (χ1) is 6.49. The fraction of sp³-hybridized carbons (Fsp3) is 0.500. The maximum absolute atomic E-state index is 4.54. The van der Waals surface area contributed by atoms with Crippen molar-refractivity contribution in [2.75, 3.05) is 7.05 Å². The minimum atomic E-state index is 0.133. The highest BCUT2D eigenvalue weighted by atomic mass is 32.1. The second-order valence-corrected chi connectivity index (χ2v) is 4.38. The maximum Gasteiger partial charge on any atom is 0.0762 e. The summed E-state index contributed by atoms with van der Waals surface area (Å²) in [7, 11) is 1.94. The summed E-state index contributed by atoms with van der Waals surface area (Å²) in [6.45, 7) is 8.64. The van der Waals surface area contributed by atoms with E-state index >= 15 is 0 Å². The normalized spacial score (nSPS) is 13.0. The van der Waals surface area contributed by atoms with Crippen LogP contribution < -0.4 is 5.32 Å². The van der Waals surface area contributed by atoms with Crippen LogP contribution in [0.2, 0.25) is 0 Å². The molecule has 0 aliphatic heterocycles. The van der Waals surface area contributed by atoms with Gasteiger partial charge in [0, 0.05) is 0 Å². The van der Waals surface area contributed by atoms with E-state index in [0.717, 1.165) is 0 Å². The number of benzene rings is 1. The molecular formula is C12H19NS. The summed E-state index contributed by atoms with van der Waals surface area (Å²) in [4.78, 5) is 0. The second-order valence-electron chi connectivity index (χ2n) is 3.87. The number of hydrogen-bond acceptors (Lipinski definition) is 2. The Labute approximate surface area is 92.3 Å². The van der Waals surface area contributed by atoms with E-state index in [1.807, 2.05) is 7.05 Å². The fourth-order valence-electron chi connectivity index (χ4n) is 1.80. The summed E-state index contributed by atoms with van der Waals surface area (Å²) >= 11 is 4.54. The molecule has 78 valence electrons. The van der Waals surface area contributed by atoms with Gasteiger partial charge in [0.2, 0.25) is 0 Å². The van der Waals surface area contributed by atoms with Crippen molar-refractivity contribution in [3.63, 3.8) is 0 Å². The predicted molar refractivity (Wildman–Crippen MR) is 66.2 cm³/mol. The van der Waals surface area contributed by atoms with Crippen LogP contribution in [0, 0.1) is 27.7 Å². The molecule has 1 N–H and O–H groups in total. The van der Waals surface area contributed by atoms with Crippen LogP contribution in [0.3, 0.4) is 0 Å². The molecule has 0 saturated heterocycles. The molecule has 1 aromatic carbocycles. The van der Waals surface area contributed by atoms with Crippen LogP contribution in [0.25, 0.3) is 0 Å². The summed E-state index contributed by atoms with van der Waals surface area (Å²) in [5, 5.41) is 3.31. The lowest BCUT2D eigenvalue weighted by Gasteiger charge is -2.19. The van der Waals surface area contributed by atoms with Crippen LogP contribution in [0.4, 0.5) is 0 Å². The smallest absolute Gasteiger partial charge is 0.0762 e. The van der Waals surface area contributed by atoms with Crippen molar-refractivity contribution in [2.24, 2.45) is 0 Å². The lowest BCUT2D eigenvalue weighted by Crippen LogP contribution is -2.14. The SMILES string of the molecule is CNC(S)c1c(C)c(C)cc(C)c1C. The van der Waals surface area contributed by atoms with Crippen LogP contribution >= 0.6 is 12.6 Å². The molecule has 14 heavy (non-hydrogen) atoms. The lowest BCUT2D eigenvalue weighted by molar-refractivity contribution is 0.786. The summed E-state index contributed by atoms with van der Waals surface area (Å²) < 4.78 is 0. The van der Waals surface area contributed by atoms with Crippen molar-refractivity contribution in [1.29, 1.82) is 0 Å². The third kappa shape index (κ3) is 1.96. The molecule has 2 heteroatoms. The van der Waals surface area contributed by atoms with Crippen molar-refractivity contribution < 1.29 is 0 Å². The molecule has 0 amide bonds. The molecule has 0 aliphatic rings. The van der Waals surface area contributed by atoms with Crippen LogP contribution in [0.15, 0.2) is 6.07 Å². The van der Waals surface area contributed by atoms with Gasteiger partial charge in [-0.3, -0.25) is 0 Å².